The van der Waals surface area contributed by atoms with E-state index in [2.05, 4.69) is 57.5 Å². The van der Waals surface area contributed by atoms with Crippen LogP contribution in [0.15, 0.2) is 48.8 Å². The molecule has 6 rings (SSSR count). The summed E-state index contributed by atoms with van der Waals surface area (Å²) in [5.74, 6) is -1.14. The number of ether oxygens (including phenoxy) is 2. The van der Waals surface area contributed by atoms with Gasteiger partial charge in [-0.1, -0.05) is 25.7 Å². The number of fused-ring (bicyclic) bond motifs is 1. The normalized spacial score (nSPS) is 19.4. The van der Waals surface area contributed by atoms with E-state index in [0.29, 0.717) is 36.3 Å². The molecule has 2 aliphatic heterocycles. The van der Waals surface area contributed by atoms with Crippen molar-refractivity contribution in [2.24, 2.45) is 0 Å². The molecule has 1 amide bonds. The summed E-state index contributed by atoms with van der Waals surface area (Å²) in [4.78, 5) is 20.4. The number of rotatable bonds is 11. The molecule has 2 saturated heterocycles. The predicted molar refractivity (Wildman–Crippen MR) is 177 cm³/mol. The predicted octanol–water partition coefficient (Wildman–Crippen LogP) is 7.29. The van der Waals surface area contributed by atoms with E-state index in [1.165, 1.54) is 25.0 Å². The Balaban J connectivity index is 1.19. The molecule has 5 heterocycles. The van der Waals surface area contributed by atoms with E-state index in [-0.39, 0.29) is 11.8 Å². The van der Waals surface area contributed by atoms with Crippen molar-refractivity contribution < 1.29 is 18.7 Å². The average molecular weight is 633 g/mol. The molecule has 2 fully saturated rings. The molecule has 0 aliphatic carbocycles. The molecule has 1 unspecified atom stereocenters. The highest BCUT2D eigenvalue weighted by molar-refractivity contribution is 6.76. The van der Waals surface area contributed by atoms with Gasteiger partial charge in [0.25, 0.3) is 5.91 Å². The summed E-state index contributed by atoms with van der Waals surface area (Å²) < 4.78 is 31.2. The topological polar surface area (TPSA) is 86.4 Å². The lowest BCUT2D eigenvalue weighted by atomic mass is 10.1. The van der Waals surface area contributed by atoms with Crippen LogP contribution in [-0.2, 0) is 22.7 Å². The van der Waals surface area contributed by atoms with Crippen LogP contribution in [0.5, 0.6) is 0 Å². The van der Waals surface area contributed by atoms with Crippen molar-refractivity contribution in [1.82, 2.24) is 24.2 Å². The molecule has 45 heavy (non-hydrogen) atoms. The number of hydrogen-bond donors (Lipinski definition) is 1. The smallest absolute Gasteiger partial charge is 0.258 e. The molecule has 0 bridgehead atoms. The van der Waals surface area contributed by atoms with Gasteiger partial charge in [-0.2, -0.15) is 5.10 Å². The maximum absolute atomic E-state index is 15.3. The molecule has 2 atom stereocenters. The summed E-state index contributed by atoms with van der Waals surface area (Å²) >= 11 is 0. The molecule has 9 nitrogen and oxygen atoms in total. The van der Waals surface area contributed by atoms with Crippen molar-refractivity contribution >= 4 is 30.7 Å². The Bertz CT molecular complexity index is 1640. The van der Waals surface area contributed by atoms with Gasteiger partial charge in [-0.05, 0) is 81.9 Å². The van der Waals surface area contributed by atoms with E-state index in [1.54, 1.807) is 16.9 Å². The van der Waals surface area contributed by atoms with Crippen molar-refractivity contribution in [3.63, 3.8) is 0 Å². The Morgan fingerprint density at radius 3 is 2.73 bits per heavy atom. The molecule has 2 aliphatic rings. The van der Waals surface area contributed by atoms with Gasteiger partial charge >= 0.3 is 0 Å². The first-order valence-corrected chi connectivity index (χ1v) is 19.9. The quantitative estimate of drug-likeness (QED) is 0.138. The first-order chi connectivity index (χ1) is 21.6. The number of carbonyl (C=O) groups is 1. The number of benzene rings is 1. The third-order valence-corrected chi connectivity index (χ3v) is 10.6. The number of anilines is 1. The second kappa shape index (κ2) is 13.5. The Hall–Kier alpha value is -3.38. The van der Waals surface area contributed by atoms with E-state index in [0.717, 1.165) is 61.7 Å². The fraction of sp³-hybridized carbons (Fsp3) is 0.500. The Kier molecular flexibility index (Phi) is 9.51. The number of nitrogens with zero attached hydrogens (tertiary/aromatic N) is 5. The van der Waals surface area contributed by atoms with Crippen LogP contribution < -0.4 is 5.32 Å². The minimum atomic E-state index is -1.22. The summed E-state index contributed by atoms with van der Waals surface area (Å²) in [6, 6.07) is 12.1. The van der Waals surface area contributed by atoms with Crippen molar-refractivity contribution in [2.45, 2.75) is 90.3 Å². The van der Waals surface area contributed by atoms with Crippen LogP contribution in [0.3, 0.4) is 0 Å². The van der Waals surface area contributed by atoms with Gasteiger partial charge in [0.05, 0.1) is 34.2 Å². The Morgan fingerprint density at radius 1 is 1.13 bits per heavy atom. The van der Waals surface area contributed by atoms with E-state index < -0.39 is 19.8 Å². The standard InChI is InChI=1S/C34H45FN6O3Si/c1-24-8-7-13-39(24)22-27-20-31-32(40(27)23-43-16-17-45(2,3)4)19-26(21-36-31)37-34(42)28-11-10-25(18-29(28)35)30-12-14-41(38-30)33-9-5-6-15-44-33/h10-12,14,18-21,24,33H,5-9,13,15-17,22-23H2,1-4H3,(H,37,42)/t24-,33?/m0/s1. The van der Waals surface area contributed by atoms with Crippen LogP contribution in [0.2, 0.25) is 25.7 Å². The fourth-order valence-corrected chi connectivity index (χ4v) is 6.90. The maximum atomic E-state index is 15.3. The summed E-state index contributed by atoms with van der Waals surface area (Å²) in [5.41, 5.74) is 4.58. The van der Waals surface area contributed by atoms with Gasteiger partial charge < -0.3 is 19.4 Å². The second-order valence-corrected chi connectivity index (χ2v) is 19.3. The minimum Gasteiger partial charge on any atom is -0.361 e. The Labute approximate surface area is 265 Å². The van der Waals surface area contributed by atoms with Crippen molar-refractivity contribution in [2.75, 3.05) is 25.1 Å². The zero-order valence-electron chi connectivity index (χ0n) is 26.9. The monoisotopic (exact) mass is 632 g/mol. The van der Waals surface area contributed by atoms with Crippen LogP contribution >= 0.6 is 0 Å². The molecule has 0 saturated carbocycles. The number of hydrogen-bond acceptors (Lipinski definition) is 6. The van der Waals surface area contributed by atoms with Gasteiger partial charge in [0, 0.05) is 51.3 Å². The summed E-state index contributed by atoms with van der Waals surface area (Å²) in [6.45, 7) is 13.1. The lowest BCUT2D eigenvalue weighted by Crippen LogP contribution is -2.27. The molecule has 3 aromatic heterocycles. The number of halogens is 1. The Morgan fingerprint density at radius 2 is 2.00 bits per heavy atom. The number of likely N-dealkylation sites (tertiary alicyclic amines) is 1. The van der Waals surface area contributed by atoms with Crippen LogP contribution in [-0.4, -0.2) is 64.0 Å². The lowest BCUT2D eigenvalue weighted by molar-refractivity contribution is -0.0393. The molecule has 4 aromatic rings. The molecule has 1 aromatic carbocycles. The fourth-order valence-electron chi connectivity index (χ4n) is 6.15. The van der Waals surface area contributed by atoms with Crippen LogP contribution in [0.1, 0.15) is 61.3 Å². The van der Waals surface area contributed by atoms with Gasteiger partial charge in [0.15, 0.2) is 0 Å². The number of carbonyl (C=O) groups excluding carboxylic acids is 1. The first kappa shape index (κ1) is 31.6. The van der Waals surface area contributed by atoms with Gasteiger partial charge in [0.2, 0.25) is 0 Å². The molecule has 11 heteroatoms. The molecular formula is C34H45FN6O3Si. The van der Waals surface area contributed by atoms with Gasteiger partial charge in [0.1, 0.15) is 18.8 Å². The van der Waals surface area contributed by atoms with E-state index in [9.17, 15) is 4.79 Å². The van der Waals surface area contributed by atoms with Crippen LogP contribution in [0.25, 0.3) is 22.3 Å². The summed E-state index contributed by atoms with van der Waals surface area (Å²) in [7, 11) is -1.22. The van der Waals surface area contributed by atoms with Crippen molar-refractivity contribution in [3.05, 3.63) is 65.9 Å². The SMILES string of the molecule is C[C@H]1CCCN1Cc1cc2ncc(NC(=O)c3ccc(-c4ccn(C5CCCCO5)n4)cc3F)cc2n1COCC[Si](C)(C)C. The molecule has 240 valence electrons. The first-order valence-electron chi connectivity index (χ1n) is 16.2. The van der Waals surface area contributed by atoms with Crippen molar-refractivity contribution in [1.29, 1.82) is 0 Å². The highest BCUT2D eigenvalue weighted by Gasteiger charge is 2.23. The number of aromatic nitrogens is 4. The molecule has 0 spiro atoms. The largest absolute Gasteiger partial charge is 0.361 e. The minimum absolute atomic E-state index is 0.0392. The average Bonchev–Trinajstić information content (AvgIpc) is 3.74. The lowest BCUT2D eigenvalue weighted by Gasteiger charge is -2.22. The van der Waals surface area contributed by atoms with E-state index in [4.69, 9.17) is 9.47 Å². The van der Waals surface area contributed by atoms with Gasteiger partial charge in [-0.15, -0.1) is 0 Å². The molecule has 1 N–H and O–H groups in total. The highest BCUT2D eigenvalue weighted by Crippen LogP contribution is 2.28. The third kappa shape index (κ3) is 7.54. The molecular weight excluding hydrogens is 587 g/mol. The maximum Gasteiger partial charge on any atom is 0.258 e. The van der Waals surface area contributed by atoms with Crippen LogP contribution in [0.4, 0.5) is 10.1 Å². The third-order valence-electron chi connectivity index (χ3n) is 8.94. The zero-order valence-corrected chi connectivity index (χ0v) is 27.9. The van der Waals surface area contributed by atoms with E-state index in [1.807, 2.05) is 18.3 Å². The van der Waals surface area contributed by atoms with Gasteiger partial charge in [-0.3, -0.25) is 14.7 Å². The van der Waals surface area contributed by atoms with Crippen LogP contribution in [0, 0.1) is 5.82 Å². The zero-order chi connectivity index (χ0) is 31.6. The molecule has 0 radical (unpaired) electrons. The highest BCUT2D eigenvalue weighted by atomic mass is 28.3. The number of pyridine rings is 1. The number of amides is 1. The van der Waals surface area contributed by atoms with Crippen molar-refractivity contribution in [3.8, 4) is 11.3 Å². The summed E-state index contributed by atoms with van der Waals surface area (Å²) in [5, 5.41) is 7.47. The second-order valence-electron chi connectivity index (χ2n) is 13.7. The van der Waals surface area contributed by atoms with Gasteiger partial charge in [-0.25, -0.2) is 9.07 Å². The number of nitrogens with one attached hydrogen (secondary N) is 1. The summed E-state index contributed by atoms with van der Waals surface area (Å²) in [6.07, 6.45) is 8.87. The van der Waals surface area contributed by atoms with E-state index >= 15 is 4.39 Å².